The molecule has 1 spiro atoms. The van der Waals surface area contributed by atoms with E-state index < -0.39 is 0 Å². The van der Waals surface area contributed by atoms with E-state index in [-0.39, 0.29) is 11.4 Å². The van der Waals surface area contributed by atoms with Crippen molar-refractivity contribution in [3.8, 4) is 0 Å². The molecule has 0 amide bonds. The summed E-state index contributed by atoms with van der Waals surface area (Å²) in [6, 6.07) is 7.64. The van der Waals surface area contributed by atoms with Gasteiger partial charge >= 0.3 is 0 Å². The molecule has 2 aliphatic rings. The summed E-state index contributed by atoms with van der Waals surface area (Å²) in [7, 11) is 0. The number of hydrogen-bond donors (Lipinski definition) is 1. The van der Waals surface area contributed by atoms with Gasteiger partial charge in [-0.2, -0.15) is 0 Å². The molecule has 2 heterocycles. The minimum absolute atomic E-state index is 0.0501. The lowest BCUT2D eigenvalue weighted by molar-refractivity contribution is -0.0901. The Morgan fingerprint density at radius 2 is 2.14 bits per heavy atom. The first-order valence-corrected chi connectivity index (χ1v) is 7.87. The average Bonchev–Trinajstić information content (AvgIpc) is 2.89. The Balaban J connectivity index is 1.52. The number of hydrogen-bond acceptors (Lipinski definition) is 3. The molecule has 21 heavy (non-hydrogen) atoms. The first-order chi connectivity index (χ1) is 10.2. The van der Waals surface area contributed by atoms with Crippen LogP contribution in [-0.4, -0.2) is 37.5 Å². The summed E-state index contributed by atoms with van der Waals surface area (Å²) in [6.07, 6.45) is 4.01. The molecule has 2 fully saturated rings. The zero-order valence-corrected chi connectivity index (χ0v) is 12.6. The standard InChI is InChI=1S/C17H24FNO2/c1-13(10-14-2-4-15(18)5-3-14)19-16-6-8-21-17(11-16)7-9-20-12-17/h2-5,13,16,19H,6-12H2,1H3. The Morgan fingerprint density at radius 1 is 1.33 bits per heavy atom. The Hall–Kier alpha value is -0.970. The Morgan fingerprint density at radius 3 is 2.86 bits per heavy atom. The lowest BCUT2D eigenvalue weighted by Gasteiger charge is -2.38. The maximum absolute atomic E-state index is 12.9. The molecule has 3 rings (SSSR count). The smallest absolute Gasteiger partial charge is 0.123 e. The van der Waals surface area contributed by atoms with Crippen LogP contribution in [0.2, 0.25) is 0 Å². The largest absolute Gasteiger partial charge is 0.378 e. The summed E-state index contributed by atoms with van der Waals surface area (Å²) < 4.78 is 24.4. The molecular formula is C17H24FNO2. The van der Waals surface area contributed by atoms with Crippen LogP contribution in [0.3, 0.4) is 0 Å². The second-order valence-electron chi connectivity index (χ2n) is 6.42. The van der Waals surface area contributed by atoms with Crippen molar-refractivity contribution in [3.05, 3.63) is 35.6 Å². The summed E-state index contributed by atoms with van der Waals surface area (Å²) in [5.41, 5.74) is 1.12. The normalized spacial score (nSPS) is 30.7. The van der Waals surface area contributed by atoms with Crippen molar-refractivity contribution < 1.29 is 13.9 Å². The van der Waals surface area contributed by atoms with Gasteiger partial charge in [-0.15, -0.1) is 0 Å². The van der Waals surface area contributed by atoms with E-state index in [1.165, 1.54) is 17.7 Å². The molecule has 2 saturated heterocycles. The van der Waals surface area contributed by atoms with E-state index in [9.17, 15) is 4.39 Å². The fourth-order valence-corrected chi connectivity index (χ4v) is 3.47. The van der Waals surface area contributed by atoms with Crippen molar-refractivity contribution >= 4 is 0 Å². The molecule has 3 unspecified atom stereocenters. The fourth-order valence-electron chi connectivity index (χ4n) is 3.47. The third-order valence-electron chi connectivity index (χ3n) is 4.54. The van der Waals surface area contributed by atoms with Crippen molar-refractivity contribution in [2.24, 2.45) is 0 Å². The van der Waals surface area contributed by atoms with Crippen LogP contribution in [0.15, 0.2) is 24.3 Å². The van der Waals surface area contributed by atoms with Crippen LogP contribution >= 0.6 is 0 Å². The highest BCUT2D eigenvalue weighted by Gasteiger charge is 2.41. The van der Waals surface area contributed by atoms with Crippen molar-refractivity contribution in [2.75, 3.05) is 19.8 Å². The van der Waals surface area contributed by atoms with Gasteiger partial charge in [0.2, 0.25) is 0 Å². The van der Waals surface area contributed by atoms with Crippen LogP contribution in [0.5, 0.6) is 0 Å². The van der Waals surface area contributed by atoms with Gasteiger partial charge in [0, 0.05) is 31.7 Å². The topological polar surface area (TPSA) is 30.5 Å². The number of ether oxygens (including phenoxy) is 2. The van der Waals surface area contributed by atoms with E-state index >= 15 is 0 Å². The van der Waals surface area contributed by atoms with Gasteiger partial charge in [0.1, 0.15) is 5.82 Å². The van der Waals surface area contributed by atoms with Crippen LogP contribution in [0, 0.1) is 5.82 Å². The van der Waals surface area contributed by atoms with Gasteiger partial charge < -0.3 is 14.8 Å². The SMILES string of the molecule is CC(Cc1ccc(F)cc1)NC1CCOC2(CCOC2)C1. The van der Waals surface area contributed by atoms with E-state index in [1.807, 2.05) is 12.1 Å². The Labute approximate surface area is 125 Å². The average molecular weight is 293 g/mol. The molecule has 0 saturated carbocycles. The molecule has 116 valence electrons. The molecule has 3 nitrogen and oxygen atoms in total. The number of rotatable bonds is 4. The molecule has 0 radical (unpaired) electrons. The first-order valence-electron chi connectivity index (χ1n) is 7.87. The molecule has 4 heteroatoms. The van der Waals surface area contributed by atoms with Crippen LogP contribution < -0.4 is 5.32 Å². The predicted octanol–water partition coefficient (Wildman–Crippen LogP) is 2.68. The molecule has 0 bridgehead atoms. The van der Waals surface area contributed by atoms with Crippen LogP contribution in [0.25, 0.3) is 0 Å². The van der Waals surface area contributed by atoms with Crippen molar-refractivity contribution in [3.63, 3.8) is 0 Å². The highest BCUT2D eigenvalue weighted by atomic mass is 19.1. The van der Waals surface area contributed by atoms with Crippen LogP contribution in [0.1, 0.15) is 31.7 Å². The van der Waals surface area contributed by atoms with E-state index in [4.69, 9.17) is 9.47 Å². The van der Waals surface area contributed by atoms with E-state index in [0.717, 1.165) is 45.5 Å². The monoisotopic (exact) mass is 293 g/mol. The van der Waals surface area contributed by atoms with Crippen molar-refractivity contribution in [2.45, 2.75) is 50.3 Å². The zero-order valence-electron chi connectivity index (χ0n) is 12.6. The second kappa shape index (κ2) is 6.42. The predicted molar refractivity (Wildman–Crippen MR) is 79.8 cm³/mol. The third kappa shape index (κ3) is 3.82. The Kier molecular flexibility index (Phi) is 4.57. The maximum Gasteiger partial charge on any atom is 0.123 e. The minimum atomic E-state index is -0.174. The van der Waals surface area contributed by atoms with E-state index in [2.05, 4.69) is 12.2 Å². The summed E-state index contributed by atoms with van der Waals surface area (Å²) in [5, 5.41) is 3.70. The van der Waals surface area contributed by atoms with E-state index in [1.54, 1.807) is 0 Å². The van der Waals surface area contributed by atoms with Gasteiger partial charge in [-0.25, -0.2) is 4.39 Å². The summed E-state index contributed by atoms with van der Waals surface area (Å²) >= 11 is 0. The van der Waals surface area contributed by atoms with Gasteiger partial charge in [0.05, 0.1) is 12.2 Å². The number of halogens is 1. The number of nitrogens with one attached hydrogen (secondary N) is 1. The van der Waals surface area contributed by atoms with Crippen molar-refractivity contribution in [1.82, 2.24) is 5.32 Å². The molecular weight excluding hydrogens is 269 g/mol. The van der Waals surface area contributed by atoms with Gasteiger partial charge in [-0.1, -0.05) is 12.1 Å². The lowest BCUT2D eigenvalue weighted by atomic mass is 9.89. The second-order valence-corrected chi connectivity index (χ2v) is 6.42. The summed E-state index contributed by atoms with van der Waals surface area (Å²) in [4.78, 5) is 0. The molecule has 3 atom stereocenters. The van der Waals surface area contributed by atoms with Gasteiger partial charge in [0.25, 0.3) is 0 Å². The van der Waals surface area contributed by atoms with Gasteiger partial charge in [0.15, 0.2) is 0 Å². The maximum atomic E-state index is 12.9. The number of benzene rings is 1. The quantitative estimate of drug-likeness (QED) is 0.926. The molecule has 1 aromatic rings. The van der Waals surface area contributed by atoms with E-state index in [0.29, 0.717) is 12.1 Å². The highest BCUT2D eigenvalue weighted by molar-refractivity contribution is 5.17. The molecule has 0 aliphatic carbocycles. The first kappa shape index (κ1) is 14.9. The lowest BCUT2D eigenvalue weighted by Crippen LogP contribution is -2.49. The molecule has 0 aromatic heterocycles. The van der Waals surface area contributed by atoms with Crippen LogP contribution in [-0.2, 0) is 15.9 Å². The van der Waals surface area contributed by atoms with Gasteiger partial charge in [-0.3, -0.25) is 0 Å². The minimum Gasteiger partial charge on any atom is -0.378 e. The highest BCUT2D eigenvalue weighted by Crippen LogP contribution is 2.33. The molecule has 2 aliphatic heterocycles. The zero-order chi connectivity index (χ0) is 14.7. The third-order valence-corrected chi connectivity index (χ3v) is 4.54. The van der Waals surface area contributed by atoms with Crippen molar-refractivity contribution in [1.29, 1.82) is 0 Å². The van der Waals surface area contributed by atoms with Gasteiger partial charge in [-0.05, 0) is 43.9 Å². The summed E-state index contributed by atoms with van der Waals surface area (Å²) in [6.45, 7) is 4.55. The summed E-state index contributed by atoms with van der Waals surface area (Å²) in [5.74, 6) is -0.174. The Bertz CT molecular complexity index is 456. The van der Waals surface area contributed by atoms with Crippen LogP contribution in [0.4, 0.5) is 4.39 Å². The molecule has 1 N–H and O–H groups in total. The molecule has 1 aromatic carbocycles. The fraction of sp³-hybridized carbons (Fsp3) is 0.647.